The van der Waals surface area contributed by atoms with Crippen molar-refractivity contribution in [1.29, 1.82) is 0 Å². The third-order valence-corrected chi connectivity index (χ3v) is 4.17. The Hall–Kier alpha value is -2.96. The highest BCUT2D eigenvalue weighted by Crippen LogP contribution is 2.18. The van der Waals surface area contributed by atoms with Crippen LogP contribution in [0.15, 0.2) is 35.5 Å². The zero-order valence-electron chi connectivity index (χ0n) is 15.7. The molecule has 3 rings (SSSR count). The highest BCUT2D eigenvalue weighted by atomic mass is 16.2. The third kappa shape index (κ3) is 3.37. The van der Waals surface area contributed by atoms with Crippen LogP contribution in [0.2, 0.25) is 0 Å². The summed E-state index contributed by atoms with van der Waals surface area (Å²) in [7, 11) is 0. The lowest BCUT2D eigenvalue weighted by atomic mass is 10.1. The maximum atomic E-state index is 12.7. The van der Waals surface area contributed by atoms with Gasteiger partial charge in [0.2, 0.25) is 5.91 Å². The van der Waals surface area contributed by atoms with Crippen molar-refractivity contribution >= 4 is 22.6 Å². The smallest absolute Gasteiger partial charge is 0.264 e. The Labute approximate surface area is 151 Å². The van der Waals surface area contributed by atoms with Crippen molar-refractivity contribution in [2.24, 2.45) is 0 Å². The van der Waals surface area contributed by atoms with Crippen LogP contribution in [0.4, 0.5) is 5.69 Å². The summed E-state index contributed by atoms with van der Waals surface area (Å²) < 4.78 is 3.02. The Morgan fingerprint density at radius 2 is 1.96 bits per heavy atom. The van der Waals surface area contributed by atoms with E-state index in [-0.39, 0.29) is 23.6 Å². The van der Waals surface area contributed by atoms with Crippen molar-refractivity contribution in [3.63, 3.8) is 0 Å². The van der Waals surface area contributed by atoms with Crippen LogP contribution < -0.4 is 10.9 Å². The van der Waals surface area contributed by atoms with Gasteiger partial charge in [-0.2, -0.15) is 5.10 Å². The van der Waals surface area contributed by atoms with E-state index in [4.69, 9.17) is 0 Å². The van der Waals surface area contributed by atoms with Gasteiger partial charge in [-0.1, -0.05) is 12.1 Å². The molecule has 7 heteroatoms. The molecule has 0 saturated carbocycles. The lowest BCUT2D eigenvalue weighted by Gasteiger charge is -2.19. The minimum atomic E-state index is -0.284. The molecule has 7 nitrogen and oxygen atoms in total. The van der Waals surface area contributed by atoms with Crippen LogP contribution in [0, 0.1) is 13.8 Å². The average molecular weight is 353 g/mol. The molecule has 2 aromatic heterocycles. The largest absolute Gasteiger partial charge is 0.324 e. The van der Waals surface area contributed by atoms with Gasteiger partial charge in [0.25, 0.3) is 5.56 Å². The second kappa shape index (κ2) is 6.40. The molecule has 136 valence electrons. The van der Waals surface area contributed by atoms with Gasteiger partial charge < -0.3 is 5.32 Å². The van der Waals surface area contributed by atoms with Crippen LogP contribution in [0.1, 0.15) is 31.9 Å². The molecule has 0 aliphatic heterocycles. The van der Waals surface area contributed by atoms with Crippen molar-refractivity contribution in [3.05, 3.63) is 52.2 Å². The van der Waals surface area contributed by atoms with E-state index in [1.165, 1.54) is 17.1 Å². The highest BCUT2D eigenvalue weighted by molar-refractivity contribution is 5.91. The van der Waals surface area contributed by atoms with Crippen LogP contribution in [0.25, 0.3) is 11.0 Å². The van der Waals surface area contributed by atoms with Gasteiger partial charge in [-0.15, -0.1) is 0 Å². The number of carbonyl (C=O) groups is 1. The van der Waals surface area contributed by atoms with Crippen LogP contribution in [-0.4, -0.2) is 25.2 Å². The van der Waals surface area contributed by atoms with E-state index >= 15 is 0 Å². The van der Waals surface area contributed by atoms with E-state index in [2.05, 4.69) is 15.4 Å². The molecule has 1 N–H and O–H groups in total. The summed E-state index contributed by atoms with van der Waals surface area (Å²) in [6, 6.07) is 5.84. The molecular weight excluding hydrogens is 330 g/mol. The van der Waals surface area contributed by atoms with Gasteiger partial charge in [0.05, 0.1) is 11.7 Å². The van der Waals surface area contributed by atoms with E-state index < -0.39 is 0 Å². The molecule has 0 spiro atoms. The summed E-state index contributed by atoms with van der Waals surface area (Å²) in [6.45, 7) is 9.76. The summed E-state index contributed by atoms with van der Waals surface area (Å²) in [5, 5.41) is 7.54. The first kappa shape index (κ1) is 17.8. The molecule has 1 amide bonds. The molecular formula is C19H23N5O2. The van der Waals surface area contributed by atoms with Crippen LogP contribution in [-0.2, 0) is 16.9 Å². The number of nitrogens with zero attached hydrogens (tertiary/aromatic N) is 4. The molecule has 26 heavy (non-hydrogen) atoms. The number of hydrogen-bond acceptors (Lipinski definition) is 4. The number of amides is 1. The number of anilines is 1. The molecule has 0 bridgehead atoms. The standard InChI is InChI=1S/C19H23N5O2/c1-12-6-7-13(2)15(8-12)22-16(25)10-23-11-20-17-14(18(23)26)9-21-24(17)19(3,4)5/h6-9,11H,10H2,1-5H3,(H,22,25). The van der Waals surface area contributed by atoms with Crippen LogP contribution >= 0.6 is 0 Å². The number of nitrogens with one attached hydrogen (secondary N) is 1. The number of aromatic nitrogens is 4. The van der Waals surface area contributed by atoms with Gasteiger partial charge in [0, 0.05) is 5.69 Å². The fraction of sp³-hybridized carbons (Fsp3) is 0.368. The highest BCUT2D eigenvalue weighted by Gasteiger charge is 2.20. The summed E-state index contributed by atoms with van der Waals surface area (Å²) in [4.78, 5) is 29.4. The van der Waals surface area contributed by atoms with Crippen molar-refractivity contribution in [2.45, 2.75) is 46.7 Å². The SMILES string of the molecule is Cc1ccc(C)c(NC(=O)Cn2cnc3c(cnn3C(C)(C)C)c2=O)c1. The van der Waals surface area contributed by atoms with E-state index in [1.807, 2.05) is 52.8 Å². The van der Waals surface area contributed by atoms with Crippen molar-refractivity contribution in [1.82, 2.24) is 19.3 Å². The van der Waals surface area contributed by atoms with Gasteiger partial charge in [0.1, 0.15) is 18.3 Å². The van der Waals surface area contributed by atoms with Crippen molar-refractivity contribution in [3.8, 4) is 0 Å². The summed E-state index contributed by atoms with van der Waals surface area (Å²) in [5.74, 6) is -0.273. The van der Waals surface area contributed by atoms with E-state index in [1.54, 1.807) is 4.68 Å². The fourth-order valence-electron chi connectivity index (χ4n) is 2.77. The second-order valence-electron chi connectivity index (χ2n) is 7.51. The van der Waals surface area contributed by atoms with E-state index in [9.17, 15) is 9.59 Å². The molecule has 2 heterocycles. The van der Waals surface area contributed by atoms with E-state index in [0.29, 0.717) is 11.0 Å². The molecule has 0 fully saturated rings. The lowest BCUT2D eigenvalue weighted by Crippen LogP contribution is -2.29. The normalized spacial score (nSPS) is 11.7. The van der Waals surface area contributed by atoms with Crippen molar-refractivity contribution < 1.29 is 4.79 Å². The van der Waals surface area contributed by atoms with Crippen molar-refractivity contribution in [2.75, 3.05) is 5.32 Å². The molecule has 0 atom stereocenters. The Balaban J connectivity index is 1.87. The molecule has 1 aromatic carbocycles. The molecule has 0 aliphatic carbocycles. The molecule has 0 radical (unpaired) electrons. The minimum Gasteiger partial charge on any atom is -0.324 e. The van der Waals surface area contributed by atoms with Gasteiger partial charge in [-0.25, -0.2) is 9.67 Å². The Kier molecular flexibility index (Phi) is 4.39. The van der Waals surface area contributed by atoms with Gasteiger partial charge in [-0.05, 0) is 51.8 Å². The average Bonchev–Trinajstić information content (AvgIpc) is 2.98. The van der Waals surface area contributed by atoms with Crippen LogP contribution in [0.5, 0.6) is 0 Å². The number of aryl methyl sites for hydroxylation is 2. The summed E-state index contributed by atoms with van der Waals surface area (Å²) >= 11 is 0. The lowest BCUT2D eigenvalue weighted by molar-refractivity contribution is -0.116. The maximum Gasteiger partial charge on any atom is 0.264 e. The number of benzene rings is 1. The maximum absolute atomic E-state index is 12.7. The Bertz CT molecular complexity index is 1040. The first-order chi connectivity index (χ1) is 12.2. The topological polar surface area (TPSA) is 81.8 Å². The Morgan fingerprint density at radius 1 is 1.23 bits per heavy atom. The molecule has 0 unspecified atom stereocenters. The second-order valence-corrected chi connectivity index (χ2v) is 7.51. The minimum absolute atomic E-state index is 0.101. The number of fused-ring (bicyclic) bond motifs is 1. The predicted octanol–water partition coefficient (Wildman–Crippen LogP) is 2.60. The van der Waals surface area contributed by atoms with Gasteiger partial charge >= 0.3 is 0 Å². The third-order valence-electron chi connectivity index (χ3n) is 4.17. The number of hydrogen-bond donors (Lipinski definition) is 1. The quantitative estimate of drug-likeness (QED) is 0.785. The number of rotatable bonds is 3. The van der Waals surface area contributed by atoms with Gasteiger partial charge in [-0.3, -0.25) is 14.2 Å². The predicted molar refractivity (Wildman–Crippen MR) is 101 cm³/mol. The van der Waals surface area contributed by atoms with E-state index in [0.717, 1.165) is 16.8 Å². The zero-order chi connectivity index (χ0) is 19.1. The fourth-order valence-corrected chi connectivity index (χ4v) is 2.77. The first-order valence-electron chi connectivity index (χ1n) is 8.47. The number of carbonyl (C=O) groups excluding carboxylic acids is 1. The molecule has 0 aliphatic rings. The molecule has 0 saturated heterocycles. The summed E-state index contributed by atoms with van der Waals surface area (Å²) in [6.07, 6.45) is 2.91. The zero-order valence-corrected chi connectivity index (χ0v) is 15.7. The molecule has 3 aromatic rings. The van der Waals surface area contributed by atoms with Crippen LogP contribution in [0.3, 0.4) is 0 Å². The Morgan fingerprint density at radius 3 is 2.65 bits per heavy atom. The summed E-state index contributed by atoms with van der Waals surface area (Å²) in [5.41, 5.74) is 2.73. The monoisotopic (exact) mass is 353 g/mol. The van der Waals surface area contributed by atoms with Gasteiger partial charge in [0.15, 0.2) is 5.65 Å². The first-order valence-corrected chi connectivity index (χ1v) is 8.47.